The second-order valence-electron chi connectivity index (χ2n) is 3.45. The van der Waals surface area contributed by atoms with Gasteiger partial charge in [-0.05, 0) is 25.1 Å². The van der Waals surface area contributed by atoms with Gasteiger partial charge in [-0.1, -0.05) is 41.9 Å². The number of rotatable bonds is 5. The summed E-state index contributed by atoms with van der Waals surface area (Å²) in [7, 11) is 0. The van der Waals surface area contributed by atoms with Gasteiger partial charge in [-0.3, -0.25) is 0 Å². The molecule has 0 atom stereocenters. The number of aromatic carboxylic acids is 1. The molecule has 1 heterocycles. The molecular weight excluding hydrogens is 287 g/mol. The third-order valence-electron chi connectivity index (χ3n) is 2.08. The van der Waals surface area contributed by atoms with Crippen LogP contribution in [0.4, 0.5) is 5.69 Å². The smallest absolute Gasteiger partial charge is 0.340 e. The molecule has 0 aliphatic carbocycles. The predicted octanol–water partition coefficient (Wildman–Crippen LogP) is 4.14. The van der Waals surface area contributed by atoms with Crippen LogP contribution in [0.5, 0.6) is 0 Å². The van der Waals surface area contributed by atoms with Gasteiger partial charge in [0.15, 0.2) is 0 Å². The van der Waals surface area contributed by atoms with Gasteiger partial charge in [0, 0.05) is 5.70 Å². The first kappa shape index (κ1) is 15.3. The summed E-state index contributed by atoms with van der Waals surface area (Å²) in [6.07, 6.45) is 6.82. The van der Waals surface area contributed by atoms with Crippen molar-refractivity contribution in [3.63, 3.8) is 0 Å². The number of pyridine rings is 1. The van der Waals surface area contributed by atoms with Gasteiger partial charge in [0.2, 0.25) is 0 Å². The minimum Gasteiger partial charge on any atom is -0.478 e. The average Bonchev–Trinajstić information content (AvgIpc) is 2.27. The van der Waals surface area contributed by atoms with E-state index in [2.05, 4.69) is 16.9 Å². The summed E-state index contributed by atoms with van der Waals surface area (Å²) in [6, 6.07) is 1.40. The molecule has 0 aliphatic heterocycles. The summed E-state index contributed by atoms with van der Waals surface area (Å²) in [5.74, 6) is -1.19. The highest BCUT2D eigenvalue weighted by molar-refractivity contribution is 6.35. The number of carbonyl (C=O) groups is 1. The lowest BCUT2D eigenvalue weighted by molar-refractivity contribution is 0.0698. The monoisotopic (exact) mass is 298 g/mol. The molecule has 0 radical (unpaired) electrons. The van der Waals surface area contributed by atoms with Gasteiger partial charge in [0.25, 0.3) is 0 Å². The first-order valence-corrected chi connectivity index (χ1v) is 6.07. The van der Waals surface area contributed by atoms with Crippen LogP contribution < -0.4 is 5.32 Å². The Hall–Kier alpha value is -1.78. The van der Waals surface area contributed by atoms with Crippen molar-refractivity contribution in [2.24, 2.45) is 0 Å². The minimum atomic E-state index is -1.19. The number of carboxylic acids is 1. The molecule has 100 valence electrons. The lowest BCUT2D eigenvalue weighted by atomic mass is 10.2. The number of hydrogen-bond donors (Lipinski definition) is 2. The Kier molecular flexibility index (Phi) is 5.60. The van der Waals surface area contributed by atoms with E-state index in [1.165, 1.54) is 6.07 Å². The van der Waals surface area contributed by atoms with E-state index >= 15 is 0 Å². The van der Waals surface area contributed by atoms with Crippen LogP contribution in [-0.2, 0) is 0 Å². The van der Waals surface area contributed by atoms with E-state index in [-0.39, 0.29) is 21.6 Å². The molecule has 1 aromatic heterocycles. The average molecular weight is 299 g/mol. The number of halogens is 2. The molecule has 0 saturated carbocycles. The number of nitrogens with one attached hydrogen (secondary N) is 1. The zero-order valence-corrected chi connectivity index (χ0v) is 11.7. The van der Waals surface area contributed by atoms with Crippen LogP contribution in [0.15, 0.2) is 42.6 Å². The molecule has 2 N–H and O–H groups in total. The highest BCUT2D eigenvalue weighted by atomic mass is 35.5. The zero-order chi connectivity index (χ0) is 14.4. The van der Waals surface area contributed by atoms with Crippen LogP contribution in [-0.4, -0.2) is 16.1 Å². The van der Waals surface area contributed by atoms with E-state index in [1.54, 1.807) is 24.3 Å². The van der Waals surface area contributed by atoms with Crippen LogP contribution in [0.25, 0.3) is 0 Å². The third kappa shape index (κ3) is 4.12. The molecule has 0 bridgehead atoms. The lowest BCUT2D eigenvalue weighted by Gasteiger charge is -2.11. The van der Waals surface area contributed by atoms with Gasteiger partial charge in [0.05, 0.1) is 5.69 Å². The Morgan fingerprint density at radius 2 is 2.21 bits per heavy atom. The molecule has 0 unspecified atom stereocenters. The zero-order valence-electron chi connectivity index (χ0n) is 10.2. The lowest BCUT2D eigenvalue weighted by Crippen LogP contribution is -2.07. The van der Waals surface area contributed by atoms with E-state index in [4.69, 9.17) is 28.3 Å². The first-order valence-electron chi connectivity index (χ1n) is 5.31. The summed E-state index contributed by atoms with van der Waals surface area (Å²) in [5.41, 5.74) is 0.785. The Labute approximate surface area is 121 Å². The summed E-state index contributed by atoms with van der Waals surface area (Å²) < 4.78 is 0. The van der Waals surface area contributed by atoms with Crippen molar-refractivity contribution < 1.29 is 9.90 Å². The van der Waals surface area contributed by atoms with Crippen molar-refractivity contribution in [3.05, 3.63) is 58.5 Å². The van der Waals surface area contributed by atoms with Crippen molar-refractivity contribution in [3.8, 4) is 0 Å². The highest BCUT2D eigenvalue weighted by Gasteiger charge is 2.17. The SMILES string of the molecule is C=C/C=C(\C=C/C)Nc1cc(Cl)nc(Cl)c1C(=O)O. The fourth-order valence-corrected chi connectivity index (χ4v) is 1.90. The molecule has 1 rings (SSSR count). The van der Waals surface area contributed by atoms with Gasteiger partial charge >= 0.3 is 5.97 Å². The maximum atomic E-state index is 11.2. The van der Waals surface area contributed by atoms with E-state index in [9.17, 15) is 4.79 Å². The molecule has 4 nitrogen and oxygen atoms in total. The number of anilines is 1. The van der Waals surface area contributed by atoms with Crippen LogP contribution >= 0.6 is 23.2 Å². The summed E-state index contributed by atoms with van der Waals surface area (Å²) in [4.78, 5) is 14.9. The van der Waals surface area contributed by atoms with Gasteiger partial charge in [-0.25, -0.2) is 9.78 Å². The van der Waals surface area contributed by atoms with E-state index < -0.39 is 5.97 Å². The summed E-state index contributed by atoms with van der Waals surface area (Å²) in [6.45, 7) is 5.42. The van der Waals surface area contributed by atoms with Gasteiger partial charge in [-0.2, -0.15) is 0 Å². The quantitative estimate of drug-likeness (QED) is 0.633. The van der Waals surface area contributed by atoms with Gasteiger partial charge in [-0.15, -0.1) is 0 Å². The van der Waals surface area contributed by atoms with E-state index in [0.717, 1.165) is 0 Å². The van der Waals surface area contributed by atoms with Gasteiger partial charge < -0.3 is 10.4 Å². The molecule has 0 spiro atoms. The molecule has 0 fully saturated rings. The Morgan fingerprint density at radius 3 is 2.74 bits per heavy atom. The molecule has 6 heteroatoms. The molecule has 0 aliphatic rings. The van der Waals surface area contributed by atoms with Crippen molar-refractivity contribution in [2.75, 3.05) is 5.32 Å². The Bertz CT molecular complexity index is 566. The number of aromatic nitrogens is 1. The largest absolute Gasteiger partial charge is 0.478 e. The number of carboxylic acid groups (broad SMARTS) is 1. The van der Waals surface area contributed by atoms with Crippen LogP contribution in [0.2, 0.25) is 10.3 Å². The topological polar surface area (TPSA) is 62.2 Å². The number of allylic oxidation sites excluding steroid dienone is 4. The van der Waals surface area contributed by atoms with Crippen molar-refractivity contribution in [1.82, 2.24) is 4.98 Å². The number of hydrogen-bond acceptors (Lipinski definition) is 3. The molecule has 0 amide bonds. The summed E-state index contributed by atoms with van der Waals surface area (Å²) in [5, 5.41) is 12.0. The van der Waals surface area contributed by atoms with Crippen molar-refractivity contribution in [1.29, 1.82) is 0 Å². The molecule has 1 aromatic rings. The van der Waals surface area contributed by atoms with Crippen LogP contribution in [0, 0.1) is 0 Å². The fraction of sp³-hybridized carbons (Fsp3) is 0.0769. The highest BCUT2D eigenvalue weighted by Crippen LogP contribution is 2.27. The van der Waals surface area contributed by atoms with Crippen LogP contribution in [0.1, 0.15) is 17.3 Å². The maximum Gasteiger partial charge on any atom is 0.340 e. The second kappa shape index (κ2) is 6.97. The van der Waals surface area contributed by atoms with Crippen molar-refractivity contribution in [2.45, 2.75) is 6.92 Å². The standard InChI is InChI=1S/C13H12Cl2N2O2/c1-3-5-8(6-4-2)16-9-7-10(14)17-12(15)11(9)13(18)19/h3-7H,1H2,2H3,(H,16,17)(H,18,19)/b6-4-,8-5+. The second-order valence-corrected chi connectivity index (χ2v) is 4.19. The Morgan fingerprint density at radius 1 is 1.53 bits per heavy atom. The normalized spacial score (nSPS) is 11.6. The molecule has 0 aromatic carbocycles. The first-order chi connectivity index (χ1) is 8.99. The molecule has 19 heavy (non-hydrogen) atoms. The minimum absolute atomic E-state index is 0.107. The molecule has 0 saturated heterocycles. The summed E-state index contributed by atoms with van der Waals surface area (Å²) >= 11 is 11.6. The predicted molar refractivity (Wildman–Crippen MR) is 77.9 cm³/mol. The molecular formula is C13H12Cl2N2O2. The fourth-order valence-electron chi connectivity index (χ4n) is 1.39. The maximum absolute atomic E-state index is 11.2. The van der Waals surface area contributed by atoms with Crippen LogP contribution in [0.3, 0.4) is 0 Å². The van der Waals surface area contributed by atoms with E-state index in [1.807, 2.05) is 6.92 Å². The Balaban J connectivity index is 3.29. The van der Waals surface area contributed by atoms with E-state index in [0.29, 0.717) is 5.70 Å². The third-order valence-corrected chi connectivity index (χ3v) is 2.55. The van der Waals surface area contributed by atoms with Gasteiger partial charge in [0.1, 0.15) is 15.9 Å². The number of nitrogens with zero attached hydrogens (tertiary/aromatic N) is 1. The van der Waals surface area contributed by atoms with Crippen molar-refractivity contribution >= 4 is 34.9 Å².